The lowest BCUT2D eigenvalue weighted by Gasteiger charge is -2.23. The molecule has 2 heterocycles. The Bertz CT molecular complexity index is 523. The fraction of sp³-hybridized carbons (Fsp3) is 0.769. The van der Waals surface area contributed by atoms with Crippen LogP contribution in [0.4, 0.5) is 0 Å². The van der Waals surface area contributed by atoms with Gasteiger partial charge in [-0.25, -0.2) is 13.1 Å². The van der Waals surface area contributed by atoms with E-state index in [0.717, 1.165) is 25.6 Å². The summed E-state index contributed by atoms with van der Waals surface area (Å²) in [6.07, 6.45) is 9.15. The number of aromatic amines is 1. The van der Waals surface area contributed by atoms with E-state index in [1.54, 1.807) is 0 Å². The average Bonchev–Trinajstić information content (AvgIpc) is 3.16. The van der Waals surface area contributed by atoms with Gasteiger partial charge in [-0.3, -0.25) is 5.10 Å². The second-order valence-corrected chi connectivity index (χ2v) is 7.64. The molecule has 1 unspecified atom stereocenters. The third kappa shape index (κ3) is 3.05. The minimum absolute atomic E-state index is 0.211. The fourth-order valence-corrected chi connectivity index (χ4v) is 4.35. The summed E-state index contributed by atoms with van der Waals surface area (Å²) in [6.45, 7) is 2.66. The molecule has 2 fully saturated rings. The van der Waals surface area contributed by atoms with Crippen LogP contribution >= 0.6 is 0 Å². The zero-order chi connectivity index (χ0) is 14.0. The van der Waals surface area contributed by atoms with E-state index >= 15 is 0 Å². The standard InChI is InChI=1S/C13H22N4O2S/c18-20(19,13-8-14-15-9-13)16-7-11-5-6-17(10-11)12-3-1-2-4-12/h8-9,11-12,16H,1-7,10H2,(H,14,15). The van der Waals surface area contributed by atoms with Crippen molar-refractivity contribution in [3.05, 3.63) is 12.4 Å². The molecule has 0 aromatic carbocycles. The van der Waals surface area contributed by atoms with E-state index in [1.165, 1.54) is 38.1 Å². The summed E-state index contributed by atoms with van der Waals surface area (Å²) in [7, 11) is -3.40. The zero-order valence-electron chi connectivity index (χ0n) is 11.6. The van der Waals surface area contributed by atoms with Crippen LogP contribution in [0.3, 0.4) is 0 Å². The monoisotopic (exact) mass is 298 g/mol. The van der Waals surface area contributed by atoms with Gasteiger partial charge in [0.05, 0.1) is 6.20 Å². The number of H-pyrrole nitrogens is 1. The molecule has 2 aliphatic rings. The van der Waals surface area contributed by atoms with Crippen LogP contribution < -0.4 is 4.72 Å². The predicted molar refractivity (Wildman–Crippen MR) is 75.7 cm³/mol. The molecule has 112 valence electrons. The van der Waals surface area contributed by atoms with Gasteiger partial charge in [-0.05, 0) is 31.7 Å². The Kier molecular flexibility index (Phi) is 4.09. The Morgan fingerprint density at radius 1 is 1.35 bits per heavy atom. The van der Waals surface area contributed by atoms with E-state index in [1.807, 2.05) is 0 Å². The first-order valence-electron chi connectivity index (χ1n) is 7.37. The smallest absolute Gasteiger partial charge is 0.243 e. The van der Waals surface area contributed by atoms with Crippen LogP contribution in [0, 0.1) is 5.92 Å². The molecule has 1 aliphatic carbocycles. The van der Waals surface area contributed by atoms with Crippen molar-refractivity contribution in [2.45, 2.75) is 43.0 Å². The van der Waals surface area contributed by atoms with Crippen LogP contribution in [-0.2, 0) is 10.0 Å². The molecule has 20 heavy (non-hydrogen) atoms. The number of likely N-dealkylation sites (tertiary alicyclic amines) is 1. The number of sulfonamides is 1. The summed E-state index contributed by atoms with van der Waals surface area (Å²) in [6, 6.07) is 0.741. The molecule has 1 saturated heterocycles. The highest BCUT2D eigenvalue weighted by Gasteiger charge is 2.30. The van der Waals surface area contributed by atoms with Gasteiger partial charge in [0.2, 0.25) is 10.0 Å². The topological polar surface area (TPSA) is 78.1 Å². The van der Waals surface area contributed by atoms with Crippen LogP contribution in [0.2, 0.25) is 0 Å². The van der Waals surface area contributed by atoms with Crippen LogP contribution in [0.5, 0.6) is 0 Å². The number of hydrogen-bond donors (Lipinski definition) is 2. The number of hydrogen-bond acceptors (Lipinski definition) is 4. The normalized spacial score (nSPS) is 25.5. The largest absolute Gasteiger partial charge is 0.300 e. The maximum atomic E-state index is 12.0. The first kappa shape index (κ1) is 14.0. The van der Waals surface area contributed by atoms with Gasteiger partial charge >= 0.3 is 0 Å². The molecule has 1 saturated carbocycles. The van der Waals surface area contributed by atoms with E-state index in [9.17, 15) is 8.42 Å². The second kappa shape index (κ2) is 5.83. The average molecular weight is 298 g/mol. The quantitative estimate of drug-likeness (QED) is 0.848. The molecule has 1 aromatic rings. The Balaban J connectivity index is 1.50. The molecule has 3 rings (SSSR count). The highest BCUT2D eigenvalue weighted by molar-refractivity contribution is 7.89. The molecule has 1 aromatic heterocycles. The second-order valence-electron chi connectivity index (χ2n) is 5.87. The molecule has 1 atom stereocenters. The molecule has 0 spiro atoms. The maximum Gasteiger partial charge on any atom is 0.243 e. The lowest BCUT2D eigenvalue weighted by Crippen LogP contribution is -2.34. The van der Waals surface area contributed by atoms with Crippen molar-refractivity contribution in [2.24, 2.45) is 5.92 Å². The van der Waals surface area contributed by atoms with Gasteiger partial charge in [0.15, 0.2) is 0 Å². The van der Waals surface area contributed by atoms with E-state index in [4.69, 9.17) is 0 Å². The fourth-order valence-electron chi connectivity index (χ4n) is 3.33. The predicted octanol–water partition coefficient (Wildman–Crippen LogP) is 0.952. The van der Waals surface area contributed by atoms with Crippen LogP contribution in [0.15, 0.2) is 17.3 Å². The number of rotatable bonds is 5. The Morgan fingerprint density at radius 2 is 2.15 bits per heavy atom. The summed E-state index contributed by atoms with van der Waals surface area (Å²) in [5.41, 5.74) is 0. The third-order valence-electron chi connectivity index (χ3n) is 4.50. The molecule has 0 amide bonds. The molecule has 2 N–H and O–H groups in total. The van der Waals surface area contributed by atoms with Crippen molar-refractivity contribution in [2.75, 3.05) is 19.6 Å². The lowest BCUT2D eigenvalue weighted by atomic mass is 10.1. The van der Waals surface area contributed by atoms with Gasteiger partial charge in [-0.15, -0.1) is 0 Å². The van der Waals surface area contributed by atoms with Crippen LogP contribution in [0.25, 0.3) is 0 Å². The zero-order valence-corrected chi connectivity index (χ0v) is 12.4. The number of nitrogens with one attached hydrogen (secondary N) is 2. The van der Waals surface area contributed by atoms with Crippen molar-refractivity contribution in [1.29, 1.82) is 0 Å². The number of aromatic nitrogens is 2. The Morgan fingerprint density at radius 3 is 2.85 bits per heavy atom. The first-order chi connectivity index (χ1) is 9.65. The molecular weight excluding hydrogens is 276 g/mol. The lowest BCUT2D eigenvalue weighted by molar-refractivity contribution is 0.237. The molecular formula is C13H22N4O2S. The highest BCUT2D eigenvalue weighted by Crippen LogP contribution is 2.28. The van der Waals surface area contributed by atoms with E-state index in [0.29, 0.717) is 12.5 Å². The summed E-state index contributed by atoms with van der Waals surface area (Å²) >= 11 is 0. The molecule has 7 heteroatoms. The third-order valence-corrected chi connectivity index (χ3v) is 5.89. The summed E-state index contributed by atoms with van der Waals surface area (Å²) in [5, 5.41) is 6.21. The minimum atomic E-state index is -3.40. The van der Waals surface area contributed by atoms with E-state index in [2.05, 4.69) is 19.8 Å². The van der Waals surface area contributed by atoms with Gasteiger partial charge in [-0.1, -0.05) is 12.8 Å². The summed E-state index contributed by atoms with van der Waals surface area (Å²) < 4.78 is 26.7. The van der Waals surface area contributed by atoms with Crippen LogP contribution in [0.1, 0.15) is 32.1 Å². The van der Waals surface area contributed by atoms with Gasteiger partial charge in [-0.2, -0.15) is 5.10 Å². The SMILES string of the molecule is O=S(=O)(NCC1CCN(C2CCCC2)C1)c1cn[nH]c1. The van der Waals surface area contributed by atoms with Crippen molar-refractivity contribution < 1.29 is 8.42 Å². The van der Waals surface area contributed by atoms with Crippen molar-refractivity contribution >= 4 is 10.0 Å². The van der Waals surface area contributed by atoms with Crippen molar-refractivity contribution in [3.63, 3.8) is 0 Å². The first-order valence-corrected chi connectivity index (χ1v) is 8.86. The van der Waals surface area contributed by atoms with Gasteiger partial charge < -0.3 is 4.90 Å². The number of nitrogens with zero attached hydrogens (tertiary/aromatic N) is 2. The van der Waals surface area contributed by atoms with Crippen molar-refractivity contribution in [3.8, 4) is 0 Å². The van der Waals surface area contributed by atoms with Gasteiger partial charge in [0.25, 0.3) is 0 Å². The maximum absolute atomic E-state index is 12.0. The molecule has 0 bridgehead atoms. The molecule has 0 radical (unpaired) electrons. The van der Waals surface area contributed by atoms with Crippen molar-refractivity contribution in [1.82, 2.24) is 19.8 Å². The minimum Gasteiger partial charge on any atom is -0.300 e. The highest BCUT2D eigenvalue weighted by atomic mass is 32.2. The summed E-state index contributed by atoms with van der Waals surface area (Å²) in [4.78, 5) is 2.76. The molecule has 1 aliphatic heterocycles. The molecule has 6 nitrogen and oxygen atoms in total. The Hall–Kier alpha value is -0.920. The van der Waals surface area contributed by atoms with Gasteiger partial charge in [0.1, 0.15) is 4.90 Å². The van der Waals surface area contributed by atoms with E-state index < -0.39 is 10.0 Å². The van der Waals surface area contributed by atoms with E-state index in [-0.39, 0.29) is 4.90 Å². The van der Waals surface area contributed by atoms with Crippen LogP contribution in [-0.4, -0.2) is 49.2 Å². The summed E-state index contributed by atoms with van der Waals surface area (Å²) in [5.74, 6) is 0.428. The van der Waals surface area contributed by atoms with Gasteiger partial charge in [0, 0.05) is 25.3 Å². The Labute approximate surface area is 120 Å².